The van der Waals surface area contributed by atoms with Gasteiger partial charge in [-0.25, -0.2) is 0 Å². The molecule has 0 aliphatic heterocycles. The number of hydrogen-bond donors (Lipinski definition) is 0. The molecule has 119 valence electrons. The molecule has 0 saturated heterocycles. The molecular weight excluding hydrogens is 312 g/mol. The van der Waals surface area contributed by atoms with Gasteiger partial charge in [0.2, 0.25) is 0 Å². The number of fused-ring (bicyclic) bond motifs is 2. The molecule has 26 heavy (non-hydrogen) atoms. The first-order chi connectivity index (χ1) is 12.9. The zero-order valence-electron chi connectivity index (χ0n) is 14.2. The van der Waals surface area contributed by atoms with Crippen LogP contribution < -0.4 is 0 Å². The van der Waals surface area contributed by atoms with Crippen molar-refractivity contribution in [2.75, 3.05) is 0 Å². The summed E-state index contributed by atoms with van der Waals surface area (Å²) in [7, 11) is 0. The Bertz CT molecular complexity index is 1400. The Morgan fingerprint density at radius 2 is 1.08 bits per heavy atom. The van der Waals surface area contributed by atoms with Crippen LogP contribution >= 0.6 is 0 Å². The molecule has 0 N–H and O–H groups in total. The Balaban J connectivity index is 1.99. The number of rotatable bonds is 1. The van der Waals surface area contributed by atoms with E-state index in [1.54, 1.807) is 0 Å². The van der Waals surface area contributed by atoms with Crippen LogP contribution in [0, 0.1) is 6.07 Å². The lowest BCUT2D eigenvalue weighted by Gasteiger charge is -2.17. The zero-order chi connectivity index (χ0) is 17.1. The maximum Gasteiger partial charge on any atom is -0.00141 e. The molecule has 6 aromatic rings. The van der Waals surface area contributed by atoms with E-state index in [0.29, 0.717) is 0 Å². The van der Waals surface area contributed by atoms with Gasteiger partial charge in [-0.3, -0.25) is 0 Å². The molecule has 6 rings (SSSR count). The van der Waals surface area contributed by atoms with Crippen LogP contribution in [0.25, 0.3) is 54.2 Å². The van der Waals surface area contributed by atoms with Crippen LogP contribution in [0.2, 0.25) is 0 Å². The van der Waals surface area contributed by atoms with E-state index in [1.165, 1.54) is 54.2 Å². The molecule has 0 aliphatic rings. The third kappa shape index (κ3) is 1.74. The number of hydrogen-bond acceptors (Lipinski definition) is 0. The number of benzene rings is 6. The average Bonchev–Trinajstić information content (AvgIpc) is 2.72. The fraction of sp³-hybridized carbons (Fsp3) is 0. The molecule has 0 atom stereocenters. The largest absolute Gasteiger partial charge is 0.0610 e. The predicted molar refractivity (Wildman–Crippen MR) is 112 cm³/mol. The summed E-state index contributed by atoms with van der Waals surface area (Å²) in [5.74, 6) is 0. The Hall–Kier alpha value is -3.38. The van der Waals surface area contributed by atoms with Crippen LogP contribution in [0.1, 0.15) is 0 Å². The first kappa shape index (κ1) is 13.9. The summed E-state index contributed by atoms with van der Waals surface area (Å²) in [6.45, 7) is 0. The predicted octanol–water partition coefficient (Wildman–Crippen LogP) is 7.20. The van der Waals surface area contributed by atoms with Gasteiger partial charge in [-0.1, -0.05) is 91.0 Å². The summed E-state index contributed by atoms with van der Waals surface area (Å²) >= 11 is 0. The van der Waals surface area contributed by atoms with Crippen molar-refractivity contribution in [2.45, 2.75) is 0 Å². The molecule has 0 unspecified atom stereocenters. The van der Waals surface area contributed by atoms with Crippen LogP contribution in [0.4, 0.5) is 0 Å². The van der Waals surface area contributed by atoms with E-state index in [9.17, 15) is 0 Å². The first-order valence-electron chi connectivity index (χ1n) is 8.96. The summed E-state index contributed by atoms with van der Waals surface area (Å²) in [5.41, 5.74) is 2.53. The molecule has 0 nitrogen and oxygen atoms in total. The van der Waals surface area contributed by atoms with Crippen molar-refractivity contribution in [3.8, 4) is 11.1 Å². The maximum absolute atomic E-state index is 3.14. The fourth-order valence-electron chi connectivity index (χ4n) is 4.46. The molecule has 0 amide bonds. The van der Waals surface area contributed by atoms with E-state index >= 15 is 0 Å². The molecule has 6 aromatic carbocycles. The Kier molecular flexibility index (Phi) is 2.70. The van der Waals surface area contributed by atoms with Crippen LogP contribution in [0.15, 0.2) is 91.0 Å². The Labute approximate surface area is 151 Å². The quantitative estimate of drug-likeness (QED) is 0.221. The molecule has 0 spiro atoms. The Morgan fingerprint density at radius 1 is 0.462 bits per heavy atom. The molecule has 1 radical (unpaired) electrons. The average molecular weight is 327 g/mol. The smallest absolute Gasteiger partial charge is 0.00141 e. The van der Waals surface area contributed by atoms with Gasteiger partial charge in [-0.05, 0) is 60.3 Å². The zero-order valence-corrected chi connectivity index (χ0v) is 14.2. The molecule has 0 aromatic heterocycles. The van der Waals surface area contributed by atoms with Crippen LogP contribution in [-0.2, 0) is 0 Å². The highest BCUT2D eigenvalue weighted by atomic mass is 14.2. The SMILES string of the molecule is [c]1ccc(-c2ccc3cccc4c5cccc6cccc(c2c34)c65)cc1. The van der Waals surface area contributed by atoms with Gasteiger partial charge in [0.25, 0.3) is 0 Å². The highest BCUT2D eigenvalue weighted by Crippen LogP contribution is 2.43. The van der Waals surface area contributed by atoms with Crippen molar-refractivity contribution in [1.82, 2.24) is 0 Å². The summed E-state index contributed by atoms with van der Waals surface area (Å²) in [6, 6.07) is 35.9. The van der Waals surface area contributed by atoms with Crippen LogP contribution in [0.3, 0.4) is 0 Å². The van der Waals surface area contributed by atoms with E-state index in [-0.39, 0.29) is 0 Å². The van der Waals surface area contributed by atoms with Gasteiger partial charge in [-0.15, -0.1) is 0 Å². The van der Waals surface area contributed by atoms with E-state index in [4.69, 9.17) is 0 Å². The molecular formula is C26H15. The first-order valence-corrected chi connectivity index (χ1v) is 8.96. The molecule has 0 bridgehead atoms. The normalized spacial score (nSPS) is 11.8. The molecule has 0 fully saturated rings. The van der Waals surface area contributed by atoms with Crippen molar-refractivity contribution >= 4 is 43.1 Å². The summed E-state index contributed by atoms with van der Waals surface area (Å²) in [6.07, 6.45) is 0. The minimum absolute atomic E-state index is 1.24. The topological polar surface area (TPSA) is 0 Å². The van der Waals surface area contributed by atoms with Gasteiger partial charge in [0, 0.05) is 0 Å². The highest BCUT2D eigenvalue weighted by Gasteiger charge is 2.15. The van der Waals surface area contributed by atoms with Gasteiger partial charge in [0.1, 0.15) is 0 Å². The van der Waals surface area contributed by atoms with Gasteiger partial charge in [0.05, 0.1) is 0 Å². The standard InChI is InChI=1S/C26H15/c1-2-7-17(8-3-1)20-16-15-19-11-5-13-22-21-12-4-9-18-10-6-14-23(24(18)21)26(20)25(19)22/h2-16H. The Morgan fingerprint density at radius 3 is 1.81 bits per heavy atom. The second kappa shape index (κ2) is 5.06. The summed E-state index contributed by atoms with van der Waals surface area (Å²) in [5, 5.41) is 10.7. The van der Waals surface area contributed by atoms with E-state index in [1.807, 2.05) is 12.1 Å². The van der Waals surface area contributed by atoms with Crippen LogP contribution in [0.5, 0.6) is 0 Å². The second-order valence-corrected chi connectivity index (χ2v) is 6.89. The fourth-order valence-corrected chi connectivity index (χ4v) is 4.46. The molecule has 0 heteroatoms. The van der Waals surface area contributed by atoms with Gasteiger partial charge >= 0.3 is 0 Å². The summed E-state index contributed by atoms with van der Waals surface area (Å²) < 4.78 is 0. The lowest BCUT2D eigenvalue weighted by Crippen LogP contribution is -1.89. The van der Waals surface area contributed by atoms with Gasteiger partial charge < -0.3 is 0 Å². The highest BCUT2D eigenvalue weighted by molar-refractivity contribution is 6.35. The minimum atomic E-state index is 1.24. The van der Waals surface area contributed by atoms with Crippen molar-refractivity contribution < 1.29 is 0 Å². The van der Waals surface area contributed by atoms with Gasteiger partial charge in [0.15, 0.2) is 0 Å². The van der Waals surface area contributed by atoms with Gasteiger partial charge in [-0.2, -0.15) is 0 Å². The molecule has 0 saturated carbocycles. The van der Waals surface area contributed by atoms with Crippen molar-refractivity contribution in [1.29, 1.82) is 0 Å². The molecule has 0 heterocycles. The van der Waals surface area contributed by atoms with Crippen LogP contribution in [-0.4, -0.2) is 0 Å². The van der Waals surface area contributed by atoms with Crippen molar-refractivity contribution in [2.24, 2.45) is 0 Å². The lowest BCUT2D eigenvalue weighted by atomic mass is 9.86. The second-order valence-electron chi connectivity index (χ2n) is 6.89. The monoisotopic (exact) mass is 327 g/mol. The van der Waals surface area contributed by atoms with E-state index in [2.05, 4.69) is 84.9 Å². The maximum atomic E-state index is 3.14. The van der Waals surface area contributed by atoms with E-state index < -0.39 is 0 Å². The minimum Gasteiger partial charge on any atom is -0.0610 e. The molecule has 0 aliphatic carbocycles. The van der Waals surface area contributed by atoms with E-state index in [0.717, 1.165) is 0 Å². The summed E-state index contributed by atoms with van der Waals surface area (Å²) in [4.78, 5) is 0. The third-order valence-electron chi connectivity index (χ3n) is 5.54. The van der Waals surface area contributed by atoms with Crippen molar-refractivity contribution in [3.05, 3.63) is 97.1 Å². The third-order valence-corrected chi connectivity index (χ3v) is 5.54. The van der Waals surface area contributed by atoms with Crippen molar-refractivity contribution in [3.63, 3.8) is 0 Å². The lowest BCUT2D eigenvalue weighted by molar-refractivity contribution is 1.66.